The van der Waals surface area contributed by atoms with E-state index in [1.165, 1.54) is 0 Å². The molecule has 2 rings (SSSR count). The number of halogens is 1. The lowest BCUT2D eigenvalue weighted by Gasteiger charge is -2.36. The molecule has 5 nitrogen and oxygen atoms in total. The number of hydrogen-bond acceptors (Lipinski definition) is 3. The molecule has 2 N–H and O–H groups in total. The number of hydrogen-bond donors (Lipinski definition) is 2. The summed E-state index contributed by atoms with van der Waals surface area (Å²) in [5, 5.41) is 12.1. The summed E-state index contributed by atoms with van der Waals surface area (Å²) < 4.78 is 0. The summed E-state index contributed by atoms with van der Waals surface area (Å²) in [4.78, 5) is 24.0. The lowest BCUT2D eigenvalue weighted by atomic mass is 10.1. The number of carbonyl (C=O) groups is 2. The second kappa shape index (κ2) is 5.27. The summed E-state index contributed by atoms with van der Waals surface area (Å²) in [6.07, 6.45) is -0.0362. The molecule has 0 radical (unpaired) electrons. The van der Waals surface area contributed by atoms with Crippen LogP contribution in [0.1, 0.15) is 6.42 Å². The summed E-state index contributed by atoms with van der Waals surface area (Å²) >= 11 is 6.09. The Balaban J connectivity index is 2.28. The van der Waals surface area contributed by atoms with Crippen molar-refractivity contribution >= 4 is 29.2 Å². The second-order valence-electron chi connectivity index (χ2n) is 4.14. The van der Waals surface area contributed by atoms with Crippen LogP contribution in [0.2, 0.25) is 5.02 Å². The van der Waals surface area contributed by atoms with Gasteiger partial charge >= 0.3 is 5.97 Å². The maximum atomic E-state index is 11.4. The first-order valence-corrected chi connectivity index (χ1v) is 5.95. The van der Waals surface area contributed by atoms with E-state index >= 15 is 0 Å². The van der Waals surface area contributed by atoms with Gasteiger partial charge < -0.3 is 15.3 Å². The number of rotatable bonds is 3. The highest BCUT2D eigenvalue weighted by Crippen LogP contribution is 2.28. The number of benzene rings is 1. The van der Waals surface area contributed by atoms with Crippen LogP contribution in [-0.4, -0.2) is 36.1 Å². The van der Waals surface area contributed by atoms with Gasteiger partial charge in [-0.2, -0.15) is 0 Å². The Bertz CT molecular complexity index is 478. The Morgan fingerprint density at radius 1 is 1.50 bits per heavy atom. The lowest BCUT2D eigenvalue weighted by Crippen LogP contribution is -2.55. The van der Waals surface area contributed by atoms with E-state index < -0.39 is 5.97 Å². The number of piperazine rings is 1. The van der Waals surface area contributed by atoms with Gasteiger partial charge in [0.15, 0.2) is 0 Å². The first-order valence-electron chi connectivity index (χ1n) is 5.57. The smallest absolute Gasteiger partial charge is 0.305 e. The van der Waals surface area contributed by atoms with Gasteiger partial charge in [-0.15, -0.1) is 0 Å². The maximum Gasteiger partial charge on any atom is 0.305 e. The van der Waals surface area contributed by atoms with Crippen molar-refractivity contribution < 1.29 is 14.7 Å². The van der Waals surface area contributed by atoms with Gasteiger partial charge in [0.05, 0.1) is 29.7 Å². The van der Waals surface area contributed by atoms with Crippen LogP contribution in [0.4, 0.5) is 5.69 Å². The van der Waals surface area contributed by atoms with Crippen molar-refractivity contribution in [1.29, 1.82) is 0 Å². The molecule has 1 atom stereocenters. The van der Waals surface area contributed by atoms with Crippen molar-refractivity contribution in [3.63, 3.8) is 0 Å². The number of aliphatic carboxylic acids is 1. The topological polar surface area (TPSA) is 69.6 Å². The lowest BCUT2D eigenvalue weighted by molar-refractivity contribution is -0.138. The van der Waals surface area contributed by atoms with Gasteiger partial charge in [-0.25, -0.2) is 0 Å². The molecule has 1 fully saturated rings. The van der Waals surface area contributed by atoms with E-state index in [1.807, 2.05) is 6.07 Å². The van der Waals surface area contributed by atoms with Crippen molar-refractivity contribution in [2.45, 2.75) is 12.5 Å². The van der Waals surface area contributed by atoms with Crippen LogP contribution < -0.4 is 10.2 Å². The van der Waals surface area contributed by atoms with Gasteiger partial charge in [-0.1, -0.05) is 23.7 Å². The fourth-order valence-electron chi connectivity index (χ4n) is 2.03. The normalized spacial score (nSPS) is 19.5. The summed E-state index contributed by atoms with van der Waals surface area (Å²) in [5.74, 6) is -1.02. The summed E-state index contributed by atoms with van der Waals surface area (Å²) in [5.41, 5.74) is 0.695. The molecule has 96 valence electrons. The molecule has 1 aliphatic heterocycles. The van der Waals surface area contributed by atoms with Gasteiger partial charge in [0.2, 0.25) is 5.91 Å². The number of carboxylic acids is 1. The van der Waals surface area contributed by atoms with Gasteiger partial charge in [0.1, 0.15) is 0 Å². The molecule has 1 aromatic carbocycles. The Morgan fingerprint density at radius 3 is 2.89 bits per heavy atom. The van der Waals surface area contributed by atoms with E-state index in [-0.39, 0.29) is 24.9 Å². The van der Waals surface area contributed by atoms with Gasteiger partial charge in [0, 0.05) is 6.54 Å². The van der Waals surface area contributed by atoms with E-state index in [0.717, 1.165) is 0 Å². The zero-order valence-electron chi connectivity index (χ0n) is 9.60. The Hall–Kier alpha value is -1.75. The van der Waals surface area contributed by atoms with E-state index in [2.05, 4.69) is 5.32 Å². The Kier molecular flexibility index (Phi) is 3.72. The molecule has 1 amide bonds. The van der Waals surface area contributed by atoms with E-state index in [1.54, 1.807) is 23.1 Å². The third kappa shape index (κ3) is 2.73. The van der Waals surface area contributed by atoms with Crippen LogP contribution >= 0.6 is 11.6 Å². The summed E-state index contributed by atoms with van der Waals surface area (Å²) in [6, 6.07) is 6.84. The fourth-order valence-corrected chi connectivity index (χ4v) is 2.28. The third-order valence-corrected chi connectivity index (χ3v) is 3.18. The minimum absolute atomic E-state index is 0.0362. The molecule has 6 heteroatoms. The Morgan fingerprint density at radius 2 is 2.22 bits per heavy atom. The van der Waals surface area contributed by atoms with Gasteiger partial charge in [-0.3, -0.25) is 9.59 Å². The number of carboxylic acid groups (broad SMARTS) is 1. The van der Waals surface area contributed by atoms with Crippen LogP contribution in [0.5, 0.6) is 0 Å². The average molecular weight is 269 g/mol. The van der Waals surface area contributed by atoms with E-state index in [0.29, 0.717) is 17.3 Å². The third-order valence-electron chi connectivity index (χ3n) is 2.86. The van der Waals surface area contributed by atoms with E-state index in [9.17, 15) is 9.59 Å². The fraction of sp³-hybridized carbons (Fsp3) is 0.333. The van der Waals surface area contributed by atoms with Crippen LogP contribution in [0.3, 0.4) is 0 Å². The van der Waals surface area contributed by atoms with Crippen molar-refractivity contribution in [2.24, 2.45) is 0 Å². The van der Waals surface area contributed by atoms with Crippen molar-refractivity contribution in [1.82, 2.24) is 5.32 Å². The monoisotopic (exact) mass is 268 g/mol. The molecule has 18 heavy (non-hydrogen) atoms. The molecule has 0 aliphatic carbocycles. The zero-order chi connectivity index (χ0) is 13.1. The van der Waals surface area contributed by atoms with Gasteiger partial charge in [0.25, 0.3) is 0 Å². The van der Waals surface area contributed by atoms with Crippen LogP contribution in [-0.2, 0) is 9.59 Å². The predicted molar refractivity (Wildman–Crippen MR) is 67.8 cm³/mol. The zero-order valence-corrected chi connectivity index (χ0v) is 10.4. The number of carbonyl (C=O) groups excluding carboxylic acids is 1. The van der Waals surface area contributed by atoms with Crippen molar-refractivity contribution in [3.8, 4) is 0 Å². The molecule has 1 aliphatic rings. The molecule has 1 unspecified atom stereocenters. The predicted octanol–water partition coefficient (Wildman–Crippen LogP) is 1.12. The first-order chi connectivity index (χ1) is 8.58. The number of nitrogens with one attached hydrogen (secondary N) is 1. The molecule has 0 saturated carbocycles. The molecule has 0 spiro atoms. The summed E-state index contributed by atoms with van der Waals surface area (Å²) in [7, 11) is 0. The van der Waals surface area contributed by atoms with Crippen LogP contribution in [0, 0.1) is 0 Å². The molecule has 1 saturated heterocycles. The largest absolute Gasteiger partial charge is 0.481 e. The molecular formula is C12H13ClN2O3. The van der Waals surface area contributed by atoms with Crippen LogP contribution in [0.15, 0.2) is 24.3 Å². The van der Waals surface area contributed by atoms with Crippen LogP contribution in [0.25, 0.3) is 0 Å². The average Bonchev–Trinajstić information content (AvgIpc) is 2.32. The minimum Gasteiger partial charge on any atom is -0.481 e. The standard InChI is InChI=1S/C12H13ClN2O3/c13-9-3-1-2-4-10(9)15-7-11(16)14-6-8(15)5-12(17)18/h1-4,8H,5-7H2,(H,14,16)(H,17,18). The quantitative estimate of drug-likeness (QED) is 0.862. The number of anilines is 1. The highest BCUT2D eigenvalue weighted by atomic mass is 35.5. The number of amides is 1. The molecule has 1 aromatic rings. The number of para-hydroxylation sites is 1. The molecule has 0 aromatic heterocycles. The molecular weight excluding hydrogens is 256 g/mol. The molecule has 1 heterocycles. The van der Waals surface area contributed by atoms with Crippen molar-refractivity contribution in [2.75, 3.05) is 18.0 Å². The van der Waals surface area contributed by atoms with E-state index in [4.69, 9.17) is 16.7 Å². The summed E-state index contributed by atoms with van der Waals surface area (Å²) in [6.45, 7) is 0.442. The van der Waals surface area contributed by atoms with Gasteiger partial charge in [-0.05, 0) is 12.1 Å². The highest BCUT2D eigenvalue weighted by molar-refractivity contribution is 6.33. The van der Waals surface area contributed by atoms with Crippen molar-refractivity contribution in [3.05, 3.63) is 29.3 Å². The molecule has 0 bridgehead atoms. The highest BCUT2D eigenvalue weighted by Gasteiger charge is 2.29. The maximum absolute atomic E-state index is 11.4. The minimum atomic E-state index is -0.895. The SMILES string of the molecule is O=C(O)CC1CNC(=O)CN1c1ccccc1Cl. The first kappa shape index (κ1) is 12.7. The number of nitrogens with zero attached hydrogens (tertiary/aromatic N) is 1. The Labute approximate surface area is 109 Å². The second-order valence-corrected chi connectivity index (χ2v) is 4.54.